The molecule has 2 aromatic rings. The fourth-order valence-corrected chi connectivity index (χ4v) is 3.48. The van der Waals surface area contributed by atoms with Gasteiger partial charge in [0.15, 0.2) is 6.04 Å². The van der Waals surface area contributed by atoms with Crippen molar-refractivity contribution < 1.29 is 22.7 Å². The third kappa shape index (κ3) is 3.94. The number of carbonyl (C=O) groups excluding carboxylic acids is 1. The molecule has 0 radical (unpaired) electrons. The number of amides is 1. The lowest BCUT2D eigenvalue weighted by Gasteiger charge is -2.31. The van der Waals surface area contributed by atoms with Crippen molar-refractivity contribution in [2.75, 3.05) is 13.2 Å². The van der Waals surface area contributed by atoms with Gasteiger partial charge in [-0.2, -0.15) is 13.2 Å². The van der Waals surface area contributed by atoms with E-state index in [-0.39, 0.29) is 12.1 Å². The number of nitrogens with zero attached hydrogens (tertiary/aromatic N) is 1. The Labute approximate surface area is 162 Å². The molecule has 0 aromatic heterocycles. The van der Waals surface area contributed by atoms with Crippen LogP contribution in [-0.2, 0) is 4.79 Å². The Morgan fingerprint density at radius 1 is 1.18 bits per heavy atom. The molecule has 0 unspecified atom stereocenters. The van der Waals surface area contributed by atoms with Crippen molar-refractivity contribution in [1.29, 1.82) is 0 Å². The minimum absolute atomic E-state index is 0.0287. The maximum Gasteiger partial charge on any atom is 0.409 e. The fourth-order valence-electron chi connectivity index (χ4n) is 3.48. The largest absolute Gasteiger partial charge is 0.493 e. The topological polar surface area (TPSA) is 41.6 Å². The average Bonchev–Trinajstić information content (AvgIpc) is 2.88. The first-order valence-corrected chi connectivity index (χ1v) is 9.44. The summed E-state index contributed by atoms with van der Waals surface area (Å²) >= 11 is 0. The Morgan fingerprint density at radius 3 is 2.43 bits per heavy atom. The quantitative estimate of drug-likeness (QED) is 0.702. The molecule has 1 amide bonds. The van der Waals surface area contributed by atoms with Crippen molar-refractivity contribution in [1.82, 2.24) is 10.4 Å². The zero-order valence-corrected chi connectivity index (χ0v) is 16.3. The number of alkyl halides is 3. The van der Waals surface area contributed by atoms with Crippen LogP contribution >= 0.6 is 0 Å². The lowest BCUT2D eigenvalue weighted by Crippen LogP contribution is -2.43. The number of hydrogen-bond acceptors (Lipinski definition) is 3. The molecule has 28 heavy (non-hydrogen) atoms. The lowest BCUT2D eigenvalue weighted by atomic mass is 9.93. The number of nitrogens with one attached hydrogen (secondary N) is 1. The SMILES string of the molecule is CCCCOc1ccc([C@H](N2CC(C)(C)C(=O)N2)C(F)(F)F)c2ccccc12. The van der Waals surface area contributed by atoms with Gasteiger partial charge in [0.2, 0.25) is 5.91 Å². The maximum absolute atomic E-state index is 14.1. The summed E-state index contributed by atoms with van der Waals surface area (Å²) in [6, 6.07) is 8.03. The molecule has 3 rings (SSSR count). The third-order valence-corrected chi connectivity index (χ3v) is 5.02. The highest BCUT2D eigenvalue weighted by Gasteiger charge is 2.51. The van der Waals surface area contributed by atoms with Gasteiger partial charge >= 0.3 is 6.18 Å². The molecule has 0 aliphatic carbocycles. The van der Waals surface area contributed by atoms with E-state index in [2.05, 4.69) is 5.43 Å². The van der Waals surface area contributed by atoms with E-state index >= 15 is 0 Å². The molecule has 0 saturated carbocycles. The van der Waals surface area contributed by atoms with Crippen LogP contribution in [0.15, 0.2) is 36.4 Å². The fraction of sp³-hybridized carbons (Fsp3) is 0.476. The van der Waals surface area contributed by atoms with Crippen LogP contribution in [0.4, 0.5) is 13.2 Å². The summed E-state index contributed by atoms with van der Waals surface area (Å²) in [6.45, 7) is 5.80. The Hall–Kier alpha value is -2.28. The van der Waals surface area contributed by atoms with Gasteiger partial charge in [-0.05, 0) is 37.3 Å². The number of carbonyl (C=O) groups is 1. The highest BCUT2D eigenvalue weighted by Crippen LogP contribution is 2.44. The van der Waals surface area contributed by atoms with Crippen LogP contribution in [-0.4, -0.2) is 30.2 Å². The predicted octanol–water partition coefficient (Wildman–Crippen LogP) is 5.00. The molecule has 2 aromatic carbocycles. The van der Waals surface area contributed by atoms with Gasteiger partial charge in [-0.15, -0.1) is 0 Å². The van der Waals surface area contributed by atoms with Gasteiger partial charge in [0.05, 0.1) is 12.0 Å². The van der Waals surface area contributed by atoms with E-state index in [9.17, 15) is 18.0 Å². The molecule has 4 nitrogen and oxygen atoms in total. The van der Waals surface area contributed by atoms with Crippen molar-refractivity contribution in [2.45, 2.75) is 45.8 Å². The van der Waals surface area contributed by atoms with Crippen LogP contribution in [0.3, 0.4) is 0 Å². The monoisotopic (exact) mass is 394 g/mol. The van der Waals surface area contributed by atoms with Crippen LogP contribution in [0, 0.1) is 5.41 Å². The van der Waals surface area contributed by atoms with Crippen LogP contribution in [0.25, 0.3) is 10.8 Å². The van der Waals surface area contributed by atoms with E-state index in [1.165, 1.54) is 6.07 Å². The molecular formula is C21H25F3N2O2. The van der Waals surface area contributed by atoms with E-state index in [4.69, 9.17) is 4.74 Å². The Kier molecular flexibility index (Phi) is 5.57. The second kappa shape index (κ2) is 7.62. The molecule has 0 spiro atoms. The Morgan fingerprint density at radius 2 is 1.86 bits per heavy atom. The molecule has 1 saturated heterocycles. The van der Waals surface area contributed by atoms with E-state index in [1.54, 1.807) is 44.2 Å². The molecule has 0 bridgehead atoms. The Bertz CT molecular complexity index is 864. The molecule has 1 aliphatic heterocycles. The minimum atomic E-state index is -4.55. The second-order valence-corrected chi connectivity index (χ2v) is 7.80. The van der Waals surface area contributed by atoms with Crippen molar-refractivity contribution in [3.8, 4) is 5.75 Å². The molecule has 7 heteroatoms. The number of halogens is 3. The predicted molar refractivity (Wildman–Crippen MR) is 102 cm³/mol. The molecule has 1 aliphatic rings. The van der Waals surface area contributed by atoms with Gasteiger partial charge in [0.1, 0.15) is 5.75 Å². The van der Waals surface area contributed by atoms with Gasteiger partial charge in [-0.1, -0.05) is 43.7 Å². The van der Waals surface area contributed by atoms with Gasteiger partial charge in [0.25, 0.3) is 0 Å². The molecular weight excluding hydrogens is 369 g/mol. The van der Waals surface area contributed by atoms with E-state index in [1.807, 2.05) is 6.92 Å². The number of rotatable bonds is 6. The number of benzene rings is 2. The van der Waals surface area contributed by atoms with Crippen molar-refractivity contribution in [3.63, 3.8) is 0 Å². The van der Waals surface area contributed by atoms with Crippen LogP contribution < -0.4 is 10.2 Å². The van der Waals surface area contributed by atoms with Gasteiger partial charge in [-0.3, -0.25) is 10.2 Å². The summed E-state index contributed by atoms with van der Waals surface area (Å²) in [6.07, 6.45) is -2.71. The summed E-state index contributed by atoms with van der Waals surface area (Å²) in [5.74, 6) is 0.157. The Balaban J connectivity index is 2.07. The van der Waals surface area contributed by atoms with Crippen LogP contribution in [0.1, 0.15) is 45.2 Å². The highest BCUT2D eigenvalue weighted by atomic mass is 19.4. The molecule has 152 valence electrons. The standard InChI is InChI=1S/C21H25F3N2O2/c1-4-5-12-28-17-11-10-16(14-8-6-7-9-15(14)17)18(21(22,23)24)26-13-20(2,3)19(27)25-26/h6-11,18H,4-5,12-13H2,1-3H3,(H,25,27)/t18-/m0/s1. The number of fused-ring (bicyclic) bond motifs is 1. The summed E-state index contributed by atoms with van der Waals surface area (Å²) in [5.41, 5.74) is 1.63. The molecule has 1 fully saturated rings. The van der Waals surface area contributed by atoms with Crippen molar-refractivity contribution in [3.05, 3.63) is 42.0 Å². The van der Waals surface area contributed by atoms with Crippen LogP contribution in [0.5, 0.6) is 5.75 Å². The number of hydrogen-bond donors (Lipinski definition) is 1. The first-order valence-electron chi connectivity index (χ1n) is 9.44. The summed E-state index contributed by atoms with van der Waals surface area (Å²) in [4.78, 5) is 12.1. The van der Waals surface area contributed by atoms with E-state index in [0.717, 1.165) is 17.9 Å². The summed E-state index contributed by atoms with van der Waals surface area (Å²) < 4.78 is 48.1. The second-order valence-electron chi connectivity index (χ2n) is 7.80. The van der Waals surface area contributed by atoms with Crippen LogP contribution in [0.2, 0.25) is 0 Å². The van der Waals surface area contributed by atoms with E-state index in [0.29, 0.717) is 23.1 Å². The number of unbranched alkanes of at least 4 members (excludes halogenated alkanes) is 1. The normalized spacial score (nSPS) is 18.3. The lowest BCUT2D eigenvalue weighted by molar-refractivity contribution is -0.191. The number of hydrazine groups is 1. The smallest absolute Gasteiger partial charge is 0.409 e. The van der Waals surface area contributed by atoms with Crippen molar-refractivity contribution >= 4 is 16.7 Å². The minimum Gasteiger partial charge on any atom is -0.493 e. The van der Waals surface area contributed by atoms with Gasteiger partial charge in [0, 0.05) is 11.9 Å². The van der Waals surface area contributed by atoms with E-state index < -0.39 is 23.5 Å². The van der Waals surface area contributed by atoms with Crippen molar-refractivity contribution in [2.24, 2.45) is 5.41 Å². The number of ether oxygens (including phenoxy) is 1. The average molecular weight is 394 g/mol. The van der Waals surface area contributed by atoms with Gasteiger partial charge in [-0.25, -0.2) is 5.01 Å². The first-order chi connectivity index (χ1) is 13.1. The third-order valence-electron chi connectivity index (χ3n) is 5.02. The first kappa shape index (κ1) is 20.5. The molecule has 1 N–H and O–H groups in total. The summed E-state index contributed by atoms with van der Waals surface area (Å²) in [5, 5.41) is 2.11. The summed E-state index contributed by atoms with van der Waals surface area (Å²) in [7, 11) is 0. The zero-order valence-electron chi connectivity index (χ0n) is 16.3. The maximum atomic E-state index is 14.1. The zero-order chi connectivity index (χ0) is 20.5. The molecule has 1 heterocycles. The molecule has 1 atom stereocenters. The highest BCUT2D eigenvalue weighted by molar-refractivity contribution is 5.91. The van der Waals surface area contributed by atoms with Gasteiger partial charge < -0.3 is 4.74 Å².